The van der Waals surface area contributed by atoms with Crippen molar-refractivity contribution in [1.82, 2.24) is 10.3 Å². The topological polar surface area (TPSA) is 117 Å². The van der Waals surface area contributed by atoms with Crippen molar-refractivity contribution in [2.75, 3.05) is 41.3 Å². The number of hydrogen-bond acceptors (Lipinski definition) is 8. The van der Waals surface area contributed by atoms with Crippen molar-refractivity contribution in [3.8, 4) is 0 Å². The number of carbonyl (C=O) groups is 3. The Balaban J connectivity index is 1.21. The number of benzene rings is 2. The minimum absolute atomic E-state index is 0.132. The van der Waals surface area contributed by atoms with Crippen molar-refractivity contribution in [3.05, 3.63) is 71.2 Å². The Hall–Kier alpha value is -4.41. The molecule has 0 spiro atoms. The number of hydrogen-bond donors (Lipinski definition) is 2. The molecule has 3 aliphatic rings. The van der Waals surface area contributed by atoms with Crippen LogP contribution in [0.5, 0.6) is 0 Å². The fourth-order valence-electron chi connectivity index (χ4n) is 6.48. The highest BCUT2D eigenvalue weighted by molar-refractivity contribution is 6.06. The van der Waals surface area contributed by atoms with E-state index < -0.39 is 23.2 Å². The number of anilines is 3. The predicted molar refractivity (Wildman–Crippen MR) is 177 cm³/mol. The zero-order chi connectivity index (χ0) is 33.3. The maximum absolute atomic E-state index is 15.8. The molecule has 0 radical (unpaired) electrons. The van der Waals surface area contributed by atoms with Crippen LogP contribution >= 0.6 is 0 Å². The maximum atomic E-state index is 15.8. The summed E-state index contributed by atoms with van der Waals surface area (Å²) in [5.41, 5.74) is 2.51. The van der Waals surface area contributed by atoms with E-state index in [2.05, 4.69) is 39.6 Å². The van der Waals surface area contributed by atoms with Crippen molar-refractivity contribution in [2.45, 2.75) is 83.8 Å². The second-order valence-corrected chi connectivity index (χ2v) is 14.0. The number of aryl methyl sites for hydroxylation is 1. The van der Waals surface area contributed by atoms with Gasteiger partial charge in [-0.2, -0.15) is 0 Å². The number of oxazole rings is 1. The minimum Gasteiger partial charge on any atom is -0.460 e. The second-order valence-electron chi connectivity index (χ2n) is 14.0. The quantitative estimate of drug-likeness (QED) is 0.278. The first-order valence-electron chi connectivity index (χ1n) is 16.6. The molecule has 2 N–H and O–H groups in total. The molecular formula is C36H44FN5O5. The number of piperazine rings is 1. The number of ether oxygens (including phenoxy) is 1. The van der Waals surface area contributed by atoms with Crippen molar-refractivity contribution in [2.24, 2.45) is 5.92 Å². The van der Waals surface area contributed by atoms with E-state index in [1.165, 1.54) is 24.0 Å². The molecule has 10 nitrogen and oxygen atoms in total. The minimum atomic E-state index is -0.686. The summed E-state index contributed by atoms with van der Waals surface area (Å²) in [6.07, 6.45) is 5.82. The summed E-state index contributed by atoms with van der Waals surface area (Å²) in [6.45, 7) is 10.2. The smallest absolute Gasteiger partial charge is 0.309 e. The molecule has 3 aromatic rings. The Morgan fingerprint density at radius 3 is 2.34 bits per heavy atom. The third-order valence-corrected chi connectivity index (χ3v) is 9.09. The Bertz CT molecular complexity index is 1640. The number of aromatic nitrogens is 1. The van der Waals surface area contributed by atoms with Crippen LogP contribution in [-0.4, -0.2) is 60.6 Å². The van der Waals surface area contributed by atoms with E-state index in [4.69, 9.17) is 9.15 Å². The van der Waals surface area contributed by atoms with Crippen LogP contribution in [0, 0.1) is 18.7 Å². The lowest BCUT2D eigenvalue weighted by Gasteiger charge is -2.38. The van der Waals surface area contributed by atoms with Gasteiger partial charge in [0, 0.05) is 49.9 Å². The monoisotopic (exact) mass is 645 g/mol. The molecule has 2 aromatic carbocycles. The molecule has 6 rings (SSSR count). The molecule has 1 aliphatic heterocycles. The number of para-hydroxylation sites is 1. The van der Waals surface area contributed by atoms with Gasteiger partial charge >= 0.3 is 5.97 Å². The third-order valence-electron chi connectivity index (χ3n) is 9.09. The Morgan fingerprint density at radius 1 is 0.957 bits per heavy atom. The summed E-state index contributed by atoms with van der Waals surface area (Å²) < 4.78 is 26.9. The Kier molecular flexibility index (Phi) is 9.25. The predicted octanol–water partition coefficient (Wildman–Crippen LogP) is 6.21. The van der Waals surface area contributed by atoms with Gasteiger partial charge in [-0.15, -0.1) is 0 Å². The van der Waals surface area contributed by atoms with E-state index in [0.717, 1.165) is 24.9 Å². The molecule has 1 saturated heterocycles. The first-order chi connectivity index (χ1) is 22.4. The molecule has 2 aliphatic carbocycles. The van der Waals surface area contributed by atoms with E-state index in [1.54, 1.807) is 0 Å². The summed E-state index contributed by atoms with van der Waals surface area (Å²) in [7, 11) is 0. The van der Waals surface area contributed by atoms with Gasteiger partial charge in [0.25, 0.3) is 11.8 Å². The average molecular weight is 646 g/mol. The third kappa shape index (κ3) is 7.77. The lowest BCUT2D eigenvalue weighted by Crippen LogP contribution is -2.47. The van der Waals surface area contributed by atoms with Crippen LogP contribution in [0.4, 0.5) is 21.5 Å². The van der Waals surface area contributed by atoms with Crippen LogP contribution in [0.15, 0.2) is 47.1 Å². The van der Waals surface area contributed by atoms with E-state index in [9.17, 15) is 14.4 Å². The van der Waals surface area contributed by atoms with Gasteiger partial charge in [0.2, 0.25) is 0 Å². The van der Waals surface area contributed by atoms with Gasteiger partial charge in [-0.1, -0.05) is 24.6 Å². The van der Waals surface area contributed by atoms with Crippen molar-refractivity contribution >= 4 is 34.8 Å². The van der Waals surface area contributed by atoms with Gasteiger partial charge < -0.3 is 29.6 Å². The number of carbonyl (C=O) groups excluding carboxylic acids is 3. The van der Waals surface area contributed by atoms with Crippen molar-refractivity contribution in [3.63, 3.8) is 0 Å². The molecule has 2 amide bonds. The molecule has 3 fully saturated rings. The normalized spacial score (nSPS) is 20.1. The van der Waals surface area contributed by atoms with Crippen LogP contribution < -0.4 is 20.4 Å². The molecule has 2 saturated carbocycles. The van der Waals surface area contributed by atoms with Crippen LogP contribution in [0.25, 0.3) is 0 Å². The number of amides is 2. The van der Waals surface area contributed by atoms with Crippen LogP contribution in [0.1, 0.15) is 97.5 Å². The van der Waals surface area contributed by atoms with Crippen LogP contribution in [-0.2, 0) is 9.53 Å². The molecule has 11 heteroatoms. The van der Waals surface area contributed by atoms with Crippen molar-refractivity contribution in [1.29, 1.82) is 0 Å². The van der Waals surface area contributed by atoms with Gasteiger partial charge in [0.1, 0.15) is 17.7 Å². The molecule has 2 atom stereocenters. The van der Waals surface area contributed by atoms with Crippen LogP contribution in [0.2, 0.25) is 0 Å². The van der Waals surface area contributed by atoms with Gasteiger partial charge in [-0.25, -0.2) is 9.37 Å². The average Bonchev–Trinajstić information content (AvgIpc) is 3.77. The maximum Gasteiger partial charge on any atom is 0.309 e. The first kappa shape index (κ1) is 32.5. The molecular weight excluding hydrogens is 601 g/mol. The fourth-order valence-corrected chi connectivity index (χ4v) is 6.48. The highest BCUT2D eigenvalue weighted by Crippen LogP contribution is 2.39. The van der Waals surface area contributed by atoms with Crippen LogP contribution in [0.3, 0.4) is 0 Å². The zero-order valence-corrected chi connectivity index (χ0v) is 27.6. The van der Waals surface area contributed by atoms with Gasteiger partial charge in [0.05, 0.1) is 22.9 Å². The molecule has 2 heterocycles. The second kappa shape index (κ2) is 13.4. The summed E-state index contributed by atoms with van der Waals surface area (Å²) >= 11 is 0. The van der Waals surface area contributed by atoms with E-state index in [1.807, 2.05) is 37.8 Å². The summed E-state index contributed by atoms with van der Waals surface area (Å²) in [5, 5.41) is 5.83. The highest BCUT2D eigenvalue weighted by atomic mass is 19.1. The Morgan fingerprint density at radius 2 is 1.66 bits per heavy atom. The largest absolute Gasteiger partial charge is 0.460 e. The summed E-state index contributed by atoms with van der Waals surface area (Å²) in [4.78, 5) is 48.3. The molecule has 0 unspecified atom stereocenters. The number of nitrogens with zero attached hydrogens (tertiary/aromatic N) is 3. The number of halogens is 1. The Labute approximate surface area is 275 Å². The van der Waals surface area contributed by atoms with E-state index in [-0.39, 0.29) is 35.1 Å². The van der Waals surface area contributed by atoms with E-state index >= 15 is 4.39 Å². The van der Waals surface area contributed by atoms with Gasteiger partial charge in [-0.05, 0) is 77.5 Å². The molecule has 47 heavy (non-hydrogen) atoms. The first-order valence-corrected chi connectivity index (χ1v) is 16.6. The lowest BCUT2D eigenvalue weighted by molar-refractivity contribution is -0.161. The van der Waals surface area contributed by atoms with Crippen molar-refractivity contribution < 1.29 is 27.9 Å². The van der Waals surface area contributed by atoms with Gasteiger partial charge in [-0.3, -0.25) is 14.4 Å². The zero-order valence-electron chi connectivity index (χ0n) is 27.6. The lowest BCUT2D eigenvalue weighted by atomic mass is 9.85. The number of nitrogens with one attached hydrogen (secondary N) is 2. The standard InChI is InChI=1S/C36H44FN5O5/c1-22-8-5-6-11-30(22)41-14-16-42(17-15-41)31-20-27(37)26(19-28(31)39-33(44)29-21-46-34(40-29)23-12-13-23)32(43)38-25-10-7-9-24(18-25)35(45)47-36(2,3)4/h5-6,8,11,19-21,23-25H,7,9-10,12-18H2,1-4H3,(H,38,43)(H,39,44)/t24-,25-/m1/s1. The summed E-state index contributed by atoms with van der Waals surface area (Å²) in [5.74, 6) is -1.61. The molecule has 0 bridgehead atoms. The fraction of sp³-hybridized carbons (Fsp3) is 0.500. The van der Waals surface area contributed by atoms with E-state index in [0.29, 0.717) is 62.7 Å². The number of rotatable bonds is 8. The summed E-state index contributed by atoms with van der Waals surface area (Å²) in [6, 6.07) is 10.6. The molecule has 250 valence electrons. The number of esters is 1. The molecule has 1 aromatic heterocycles. The van der Waals surface area contributed by atoms with Gasteiger partial charge in [0.15, 0.2) is 11.6 Å². The highest BCUT2D eigenvalue weighted by Gasteiger charge is 2.33. The SMILES string of the molecule is Cc1ccccc1N1CCN(c2cc(F)c(C(=O)N[C@@H]3CCC[C@@H](C(=O)OC(C)(C)C)C3)cc2NC(=O)c2coc(C3CC3)n2)CC1.